The first-order valence-corrected chi connectivity index (χ1v) is 37.3. The highest BCUT2D eigenvalue weighted by Crippen LogP contribution is 2.72. The van der Waals surface area contributed by atoms with Crippen molar-refractivity contribution in [3.8, 4) is 0 Å². The molecule has 8 aliphatic rings. The number of Topliss-reactive ketones (excluding diaryl/α,β-unsaturated/α-hetero) is 2. The Hall–Kier alpha value is -3.11. The lowest BCUT2D eigenvalue weighted by Gasteiger charge is -2.65. The van der Waals surface area contributed by atoms with Gasteiger partial charge in [0.2, 0.25) is 0 Å². The van der Waals surface area contributed by atoms with Crippen molar-refractivity contribution in [1.82, 2.24) is 0 Å². The van der Waals surface area contributed by atoms with E-state index < -0.39 is 73.9 Å². The van der Waals surface area contributed by atoms with E-state index in [0.717, 1.165) is 94.6 Å². The van der Waals surface area contributed by atoms with Crippen LogP contribution < -0.4 is 0 Å². The second-order valence-electron chi connectivity index (χ2n) is 30.9. The maximum absolute atomic E-state index is 16.2. The van der Waals surface area contributed by atoms with E-state index in [4.69, 9.17) is 4.74 Å². The normalized spacial score (nSPS) is 41.2. The second kappa shape index (κ2) is 26.5. The molecule has 0 amide bonds. The molecule has 11 nitrogen and oxygen atoms in total. The van der Waals surface area contributed by atoms with E-state index in [1.807, 2.05) is 26.0 Å². The van der Waals surface area contributed by atoms with Gasteiger partial charge < -0.3 is 20.1 Å². The van der Waals surface area contributed by atoms with E-state index in [9.17, 15) is 46.5 Å². The van der Waals surface area contributed by atoms with E-state index in [-0.39, 0.29) is 103 Å². The SMILES string of the molecule is CC[C@@H]1[C@@H]2[C@@H](F)[C@H](O)CC[C@]2(C)C2CC[C@@]3(C)C(CCC3[C@H](C)CCCC(=O)CS(=O)(=O)c3cccc(C)c3)C2[C@@H]1O.CC[C@@H]1[C@@H]2[C@@H](F)[C@H](OC(C)=O)CC[C@]2(C)C2CC[C@@]3(C)C(CCC3[C@H](C)CCCC(=O)CS(=O)(=O)c3cccc(C)c3)C2[C@@H]1O. The molecule has 0 saturated heterocycles. The van der Waals surface area contributed by atoms with Gasteiger partial charge in [0.05, 0.1) is 28.1 Å². The minimum absolute atomic E-state index is 0.0750. The van der Waals surface area contributed by atoms with Gasteiger partial charge in [-0.15, -0.1) is 0 Å². The zero-order valence-corrected chi connectivity index (χ0v) is 56.0. The summed E-state index contributed by atoms with van der Waals surface area (Å²) >= 11 is 0. The Bertz CT molecular complexity index is 3010. The Morgan fingerprint density at radius 1 is 0.575 bits per heavy atom. The van der Waals surface area contributed by atoms with Crippen LogP contribution >= 0.6 is 0 Å². The maximum Gasteiger partial charge on any atom is 0.303 e. The lowest BCUT2D eigenvalue weighted by Crippen LogP contribution is -2.65. The summed E-state index contributed by atoms with van der Waals surface area (Å²) in [5, 5.41) is 34.3. The molecule has 0 radical (unpaired) electrons. The minimum Gasteiger partial charge on any atom is -0.459 e. The highest BCUT2D eigenvalue weighted by molar-refractivity contribution is 7.92. The fourth-order valence-electron chi connectivity index (χ4n) is 22.2. The van der Waals surface area contributed by atoms with E-state index in [1.54, 1.807) is 36.4 Å². The van der Waals surface area contributed by atoms with Crippen LogP contribution in [0.3, 0.4) is 0 Å². The number of alkyl halides is 2. The van der Waals surface area contributed by atoms with E-state index in [2.05, 4.69) is 55.4 Å². The summed E-state index contributed by atoms with van der Waals surface area (Å²) in [4.78, 5) is 37.6. The first-order valence-electron chi connectivity index (χ1n) is 34.0. The maximum atomic E-state index is 16.2. The van der Waals surface area contributed by atoms with Crippen LogP contribution in [0, 0.1) is 118 Å². The highest BCUT2D eigenvalue weighted by atomic mass is 32.2. The zero-order chi connectivity index (χ0) is 63.5. The fraction of sp³-hybridized carbons (Fsp3) is 0.792. The van der Waals surface area contributed by atoms with Crippen LogP contribution in [0.1, 0.15) is 202 Å². The number of fused-ring (bicyclic) bond motifs is 10. The third-order valence-corrected chi connectivity index (χ3v) is 29.6. The van der Waals surface area contributed by atoms with Gasteiger partial charge in [-0.25, -0.2) is 25.6 Å². The number of sulfone groups is 2. The highest BCUT2D eigenvalue weighted by Gasteiger charge is 2.69. The van der Waals surface area contributed by atoms with Gasteiger partial charge in [0.25, 0.3) is 0 Å². The van der Waals surface area contributed by atoms with Gasteiger partial charge in [-0.2, -0.15) is 0 Å². The molecule has 3 N–H and O–H groups in total. The summed E-state index contributed by atoms with van der Waals surface area (Å²) in [7, 11) is -7.27. The first-order chi connectivity index (χ1) is 40.9. The summed E-state index contributed by atoms with van der Waals surface area (Å²) in [5.41, 5.74) is 1.47. The Morgan fingerprint density at radius 3 is 1.37 bits per heavy atom. The zero-order valence-electron chi connectivity index (χ0n) is 54.4. The molecule has 10 rings (SSSR count). The topological polar surface area (TPSA) is 189 Å². The largest absolute Gasteiger partial charge is 0.459 e. The van der Waals surface area contributed by atoms with Crippen molar-refractivity contribution in [2.24, 2.45) is 105 Å². The number of rotatable bonds is 19. The van der Waals surface area contributed by atoms with Crippen molar-refractivity contribution in [3.05, 3.63) is 59.7 Å². The van der Waals surface area contributed by atoms with Crippen LogP contribution in [-0.2, 0) is 38.8 Å². The molecule has 0 aliphatic heterocycles. The number of halogens is 2. The molecular weight excluding hydrogens is 1140 g/mol. The molecule has 488 valence electrons. The van der Waals surface area contributed by atoms with Crippen LogP contribution in [0.5, 0.6) is 0 Å². The minimum atomic E-state index is -3.64. The average molecular weight is 1250 g/mol. The van der Waals surface area contributed by atoms with E-state index in [0.29, 0.717) is 67.6 Å². The number of esters is 1. The molecule has 8 unspecified atom stereocenters. The van der Waals surface area contributed by atoms with Gasteiger partial charge in [0.1, 0.15) is 41.5 Å². The second-order valence-corrected chi connectivity index (χ2v) is 34.9. The Labute approximate surface area is 521 Å². The fourth-order valence-corrected chi connectivity index (χ4v) is 25.0. The quantitative estimate of drug-likeness (QED) is 0.114. The molecule has 0 bridgehead atoms. The van der Waals surface area contributed by atoms with Crippen LogP contribution in [0.4, 0.5) is 8.78 Å². The van der Waals surface area contributed by atoms with Gasteiger partial charge in [0, 0.05) is 31.6 Å². The van der Waals surface area contributed by atoms with Gasteiger partial charge in [-0.1, -0.05) is 105 Å². The van der Waals surface area contributed by atoms with E-state index >= 15 is 8.78 Å². The number of carbonyl (C=O) groups excluding carboxylic acids is 3. The van der Waals surface area contributed by atoms with Crippen LogP contribution in [0.25, 0.3) is 0 Å². The van der Waals surface area contributed by atoms with Crippen LogP contribution in [-0.4, -0.2) is 98.0 Å². The van der Waals surface area contributed by atoms with Crippen molar-refractivity contribution in [2.75, 3.05) is 11.5 Å². The molecule has 0 spiro atoms. The summed E-state index contributed by atoms with van der Waals surface area (Å²) in [6, 6.07) is 13.5. The van der Waals surface area contributed by atoms with Crippen LogP contribution in [0.2, 0.25) is 0 Å². The molecule has 15 heteroatoms. The molecule has 24 atom stereocenters. The first kappa shape index (κ1) is 68.3. The van der Waals surface area contributed by atoms with E-state index in [1.165, 1.54) is 6.92 Å². The molecule has 87 heavy (non-hydrogen) atoms. The molecule has 2 aromatic carbocycles. The smallest absolute Gasteiger partial charge is 0.303 e. The number of aliphatic hydroxyl groups is 3. The number of ketones is 2. The van der Waals surface area contributed by atoms with Gasteiger partial charge in [-0.05, 0) is 232 Å². The van der Waals surface area contributed by atoms with Crippen LogP contribution in [0.15, 0.2) is 58.3 Å². The Morgan fingerprint density at radius 2 is 0.966 bits per heavy atom. The Kier molecular flexibility index (Phi) is 20.8. The monoisotopic (exact) mass is 1250 g/mol. The summed E-state index contributed by atoms with van der Waals surface area (Å²) in [5.74, 6) is 0.709. The van der Waals surface area contributed by atoms with Crippen molar-refractivity contribution >= 4 is 37.2 Å². The predicted molar refractivity (Wildman–Crippen MR) is 336 cm³/mol. The molecule has 0 heterocycles. The molecule has 8 saturated carbocycles. The molecule has 0 aromatic heterocycles. The van der Waals surface area contributed by atoms with Crippen molar-refractivity contribution in [1.29, 1.82) is 0 Å². The summed E-state index contributed by atoms with van der Waals surface area (Å²) < 4.78 is 88.3. The van der Waals surface area contributed by atoms with Gasteiger partial charge in [-0.3, -0.25) is 14.4 Å². The number of aliphatic hydroxyl groups excluding tert-OH is 3. The number of hydrogen-bond donors (Lipinski definition) is 3. The summed E-state index contributed by atoms with van der Waals surface area (Å²) in [6.45, 7) is 23.1. The van der Waals surface area contributed by atoms with Crippen molar-refractivity contribution < 1.29 is 60.1 Å². The number of carbonyl (C=O) groups is 3. The number of hydrogen-bond acceptors (Lipinski definition) is 11. The Balaban J connectivity index is 0.000000208. The van der Waals surface area contributed by atoms with Crippen molar-refractivity contribution in [3.63, 3.8) is 0 Å². The molecule has 2 aromatic rings. The third-order valence-electron chi connectivity index (χ3n) is 26.2. The summed E-state index contributed by atoms with van der Waals surface area (Å²) in [6.07, 6.45) is 11.0. The van der Waals surface area contributed by atoms with Crippen molar-refractivity contribution in [2.45, 2.75) is 251 Å². The molecule has 8 fully saturated rings. The molecular formula is C72H108F2O11S2. The number of aryl methyl sites for hydroxylation is 2. The predicted octanol–water partition coefficient (Wildman–Crippen LogP) is 14.0. The lowest BCUT2D eigenvalue weighted by molar-refractivity contribution is -0.226. The lowest BCUT2D eigenvalue weighted by atomic mass is 9.41. The average Bonchev–Trinajstić information content (AvgIpc) is 1.70. The van der Waals surface area contributed by atoms with Gasteiger partial charge >= 0.3 is 5.97 Å². The number of ether oxygens (including phenoxy) is 1. The molecule has 8 aliphatic carbocycles. The number of benzene rings is 2. The van der Waals surface area contributed by atoms with Gasteiger partial charge in [0.15, 0.2) is 19.7 Å². The standard InChI is InChI=1S/C37H55FO6S.C35H53FO5S/c1-7-27-33-34(38)31(44-24(4)39)17-19-37(33,6)30-16-18-36(5)28(14-15-29(36)32(30)35(27)41)23(3)11-9-12-25(40)21-45(42,43)26-13-8-10-22(2)20-26;1-6-25-31-32(36)29(38)16-18-35(31,5)28-15-17-34(4)26(13-14-27(34)30(28)33(25)39)22(3)10-8-11-23(37)20-42(40,41)24-12-7-9-21(2)19-24/h8,10,13,20,23,27-35,41H,7,9,11-12,14-19,21H2,1-6H3;7,9,12,19,22,25-33,38-39H,6,8,10-11,13-18,20H2,1-5H3/t23-,27-,28?,29?,30?,31-,32?,33-,34+,35-,36-,37-;22-,25-,26?,27?,28?,29-,30?,31-,32+,33-,34-,35-/m11/s1. The third kappa shape index (κ3) is 12.9.